The van der Waals surface area contributed by atoms with Gasteiger partial charge >= 0.3 is 0 Å². The predicted molar refractivity (Wildman–Crippen MR) is 111 cm³/mol. The lowest BCUT2D eigenvalue weighted by atomic mass is 9.99. The molecule has 4 rings (SSSR count). The minimum Gasteiger partial charge on any atom is -0.504 e. The van der Waals surface area contributed by atoms with Crippen LogP contribution in [-0.2, 0) is 0 Å². The van der Waals surface area contributed by atoms with Crippen molar-refractivity contribution in [2.75, 3.05) is 38.3 Å². The largest absolute Gasteiger partial charge is 0.504 e. The number of hydrogen-bond donors (Lipinski definition) is 2. The van der Waals surface area contributed by atoms with Crippen LogP contribution in [0.4, 0.5) is 5.69 Å². The molecule has 0 amide bonds. The quantitative estimate of drug-likeness (QED) is 0.842. The van der Waals surface area contributed by atoms with Crippen molar-refractivity contribution in [2.24, 2.45) is 11.7 Å². The summed E-state index contributed by atoms with van der Waals surface area (Å²) in [6.07, 6.45) is 2.41. The number of hydrogen-bond acceptors (Lipinski definition) is 6. The molecule has 0 aromatic heterocycles. The Balaban J connectivity index is 0.000000162. The number of fused-ring (bicyclic) bond motifs is 1. The van der Waals surface area contributed by atoms with Gasteiger partial charge in [-0.2, -0.15) is 0 Å². The van der Waals surface area contributed by atoms with E-state index >= 15 is 0 Å². The van der Waals surface area contributed by atoms with Crippen LogP contribution in [0.5, 0.6) is 23.0 Å². The first-order chi connectivity index (χ1) is 13.6. The summed E-state index contributed by atoms with van der Waals surface area (Å²) in [5, 5.41) is 9.42. The highest BCUT2D eigenvalue weighted by molar-refractivity contribution is 5.58. The second-order valence-electron chi connectivity index (χ2n) is 7.23. The lowest BCUT2D eigenvalue weighted by Crippen LogP contribution is -2.35. The zero-order valence-electron chi connectivity index (χ0n) is 16.6. The maximum atomic E-state index is 9.42. The van der Waals surface area contributed by atoms with Gasteiger partial charge in [-0.3, -0.25) is 0 Å². The monoisotopic (exact) mass is 386 g/mol. The van der Waals surface area contributed by atoms with Gasteiger partial charge in [0.1, 0.15) is 18.5 Å². The Bertz CT molecular complexity index is 760. The van der Waals surface area contributed by atoms with Crippen molar-refractivity contribution in [1.82, 2.24) is 0 Å². The number of piperidine rings is 1. The Morgan fingerprint density at radius 2 is 1.89 bits per heavy atom. The average molecular weight is 386 g/mol. The fourth-order valence-corrected chi connectivity index (χ4v) is 3.38. The molecule has 0 radical (unpaired) electrons. The molecule has 2 aliphatic rings. The molecule has 1 fully saturated rings. The van der Waals surface area contributed by atoms with Crippen molar-refractivity contribution in [2.45, 2.75) is 25.9 Å². The zero-order chi connectivity index (χ0) is 19.9. The molecule has 0 aliphatic carbocycles. The van der Waals surface area contributed by atoms with E-state index in [4.69, 9.17) is 19.9 Å². The van der Waals surface area contributed by atoms with E-state index in [9.17, 15) is 5.11 Å². The smallest absolute Gasteiger partial charge is 0.203 e. The third kappa shape index (κ3) is 4.81. The summed E-state index contributed by atoms with van der Waals surface area (Å²) in [4.78, 5) is 2.43. The first-order valence-electron chi connectivity index (χ1n) is 9.81. The van der Waals surface area contributed by atoms with E-state index in [1.807, 2.05) is 12.1 Å². The maximum absolute atomic E-state index is 9.42. The van der Waals surface area contributed by atoms with Crippen LogP contribution in [-0.4, -0.2) is 44.6 Å². The molecule has 2 aliphatic heterocycles. The van der Waals surface area contributed by atoms with Crippen molar-refractivity contribution < 1.29 is 19.3 Å². The number of anilines is 1. The molecule has 152 valence electrons. The van der Waals surface area contributed by atoms with Crippen LogP contribution in [0.3, 0.4) is 0 Å². The Labute approximate surface area is 166 Å². The molecule has 6 heteroatoms. The topological polar surface area (TPSA) is 77.2 Å². The second kappa shape index (κ2) is 9.55. The first-order valence-corrected chi connectivity index (χ1v) is 9.81. The van der Waals surface area contributed by atoms with Crippen LogP contribution in [0, 0.1) is 5.92 Å². The molecule has 28 heavy (non-hydrogen) atoms. The van der Waals surface area contributed by atoms with Gasteiger partial charge in [0.25, 0.3) is 0 Å². The van der Waals surface area contributed by atoms with Gasteiger partial charge in [0.2, 0.25) is 5.75 Å². The molecule has 3 N–H and O–H groups in total. The SMILES string of the molecule is COc1ccccc1N1CCC(C)CC1.NCC1COc2cccc(O)c2O1. The minimum atomic E-state index is -0.166. The van der Waals surface area contributed by atoms with Gasteiger partial charge in [0, 0.05) is 19.6 Å². The zero-order valence-corrected chi connectivity index (χ0v) is 16.6. The number of ether oxygens (including phenoxy) is 3. The summed E-state index contributed by atoms with van der Waals surface area (Å²) in [5.41, 5.74) is 6.67. The molecular formula is C22H30N2O4. The van der Waals surface area contributed by atoms with Crippen LogP contribution in [0.25, 0.3) is 0 Å². The predicted octanol–water partition coefficient (Wildman–Crippen LogP) is 3.42. The van der Waals surface area contributed by atoms with Gasteiger partial charge in [-0.05, 0) is 43.0 Å². The molecular weight excluding hydrogens is 356 g/mol. The van der Waals surface area contributed by atoms with Crippen molar-refractivity contribution in [3.8, 4) is 23.0 Å². The number of aromatic hydroxyl groups is 1. The Kier molecular flexibility index (Phi) is 6.87. The van der Waals surface area contributed by atoms with E-state index in [2.05, 4.69) is 24.0 Å². The van der Waals surface area contributed by atoms with Crippen LogP contribution in [0.1, 0.15) is 19.8 Å². The van der Waals surface area contributed by atoms with Crippen molar-refractivity contribution in [3.05, 3.63) is 42.5 Å². The number of phenolic OH excluding ortho intramolecular Hbond substituents is 1. The summed E-state index contributed by atoms with van der Waals surface area (Å²) < 4.78 is 16.1. The summed E-state index contributed by atoms with van der Waals surface area (Å²) in [5.74, 6) is 2.92. The van der Waals surface area contributed by atoms with Crippen LogP contribution in [0.2, 0.25) is 0 Å². The van der Waals surface area contributed by atoms with Gasteiger partial charge in [-0.15, -0.1) is 0 Å². The van der Waals surface area contributed by atoms with E-state index in [0.717, 1.165) is 24.8 Å². The van der Waals surface area contributed by atoms with Gasteiger partial charge in [-0.1, -0.05) is 25.1 Å². The van der Waals surface area contributed by atoms with Crippen molar-refractivity contribution in [1.29, 1.82) is 0 Å². The lowest BCUT2D eigenvalue weighted by molar-refractivity contribution is 0.0929. The second-order valence-corrected chi connectivity index (χ2v) is 7.23. The molecule has 1 atom stereocenters. The van der Waals surface area contributed by atoms with Crippen molar-refractivity contribution in [3.63, 3.8) is 0 Å². The van der Waals surface area contributed by atoms with Crippen LogP contribution >= 0.6 is 0 Å². The summed E-state index contributed by atoms with van der Waals surface area (Å²) in [6.45, 7) is 5.46. The summed E-state index contributed by atoms with van der Waals surface area (Å²) >= 11 is 0. The average Bonchev–Trinajstić information content (AvgIpc) is 2.75. The number of para-hydroxylation sites is 3. The molecule has 0 bridgehead atoms. The van der Waals surface area contributed by atoms with Gasteiger partial charge in [0.05, 0.1) is 12.8 Å². The van der Waals surface area contributed by atoms with E-state index in [-0.39, 0.29) is 11.9 Å². The normalized spacial score (nSPS) is 18.8. The summed E-state index contributed by atoms with van der Waals surface area (Å²) in [6, 6.07) is 13.3. The number of methoxy groups -OCH3 is 1. The van der Waals surface area contributed by atoms with E-state index < -0.39 is 0 Å². The highest BCUT2D eigenvalue weighted by Gasteiger charge is 2.22. The number of phenols is 1. The van der Waals surface area contributed by atoms with Gasteiger partial charge in [-0.25, -0.2) is 0 Å². The Hall–Kier alpha value is -2.60. The van der Waals surface area contributed by atoms with Gasteiger partial charge in [0.15, 0.2) is 11.5 Å². The molecule has 6 nitrogen and oxygen atoms in total. The molecule has 2 aromatic rings. The number of nitrogens with two attached hydrogens (primary N) is 1. The third-order valence-electron chi connectivity index (χ3n) is 5.14. The number of nitrogens with zero attached hydrogens (tertiary/aromatic N) is 1. The fraction of sp³-hybridized carbons (Fsp3) is 0.455. The molecule has 0 saturated carbocycles. The Morgan fingerprint density at radius 1 is 1.14 bits per heavy atom. The standard InChI is InChI=1S/C13H19NO.C9H11NO3/c1-11-7-9-14(10-8-11)12-5-3-4-6-13(12)15-2;10-4-6-5-12-8-3-1-2-7(11)9(8)13-6/h3-6,11H,7-10H2,1-2H3;1-3,6,11H,4-5,10H2. The molecule has 0 spiro atoms. The van der Waals surface area contributed by atoms with Crippen molar-refractivity contribution >= 4 is 5.69 Å². The number of rotatable bonds is 3. The molecule has 1 saturated heterocycles. The molecule has 2 heterocycles. The lowest BCUT2D eigenvalue weighted by Gasteiger charge is -2.32. The first kappa shape index (κ1) is 20.1. The minimum absolute atomic E-state index is 0.0932. The van der Waals surface area contributed by atoms with Crippen LogP contribution in [0.15, 0.2) is 42.5 Å². The molecule has 1 unspecified atom stereocenters. The van der Waals surface area contributed by atoms with E-state index in [1.165, 1.54) is 18.5 Å². The van der Waals surface area contributed by atoms with Gasteiger partial charge < -0.3 is 30.0 Å². The fourth-order valence-electron chi connectivity index (χ4n) is 3.38. The van der Waals surface area contributed by atoms with E-state index in [1.54, 1.807) is 25.3 Å². The summed E-state index contributed by atoms with van der Waals surface area (Å²) in [7, 11) is 1.74. The Morgan fingerprint density at radius 3 is 2.61 bits per heavy atom. The third-order valence-corrected chi connectivity index (χ3v) is 5.14. The highest BCUT2D eigenvalue weighted by Crippen LogP contribution is 2.39. The molecule has 2 aromatic carbocycles. The highest BCUT2D eigenvalue weighted by atomic mass is 16.6. The number of benzene rings is 2. The van der Waals surface area contributed by atoms with E-state index in [0.29, 0.717) is 24.7 Å². The maximum Gasteiger partial charge on any atom is 0.203 e. The van der Waals surface area contributed by atoms with Crippen LogP contribution < -0.4 is 24.8 Å².